The van der Waals surface area contributed by atoms with E-state index in [0.717, 1.165) is 56.3 Å². The number of nitrogens with one attached hydrogen (secondary N) is 1. The minimum absolute atomic E-state index is 0. The Kier molecular flexibility index (Phi) is 12.0. The lowest BCUT2D eigenvalue weighted by molar-refractivity contribution is -0.141. The highest BCUT2D eigenvalue weighted by molar-refractivity contribution is 5.85. The summed E-state index contributed by atoms with van der Waals surface area (Å²) in [7, 11) is 0. The van der Waals surface area contributed by atoms with Crippen LogP contribution in [0, 0.1) is 11.8 Å². The third-order valence-electron chi connectivity index (χ3n) is 5.43. The molecule has 0 aliphatic heterocycles. The second-order valence-electron chi connectivity index (χ2n) is 9.52. The number of aliphatic hydroxyl groups is 1. The number of hydrogen-bond donors (Lipinski definition) is 2. The van der Waals surface area contributed by atoms with Gasteiger partial charge in [0.2, 0.25) is 0 Å². The molecule has 0 radical (unpaired) electrons. The highest BCUT2D eigenvalue weighted by atomic mass is 35.5. The van der Waals surface area contributed by atoms with E-state index in [0.29, 0.717) is 11.8 Å². The van der Waals surface area contributed by atoms with Gasteiger partial charge in [-0.1, -0.05) is 39.8 Å². The van der Waals surface area contributed by atoms with Crippen molar-refractivity contribution in [1.29, 1.82) is 0 Å². The van der Waals surface area contributed by atoms with Gasteiger partial charge in [0, 0.05) is 17.8 Å². The van der Waals surface area contributed by atoms with Gasteiger partial charge in [0.05, 0.1) is 11.3 Å². The Bertz CT molecular complexity index is 921. The molecule has 1 aromatic heterocycles. The van der Waals surface area contributed by atoms with Gasteiger partial charge in [-0.3, -0.25) is 4.90 Å². The van der Waals surface area contributed by atoms with Crippen molar-refractivity contribution in [3.05, 3.63) is 47.7 Å². The molecule has 0 amide bonds. The van der Waals surface area contributed by atoms with Gasteiger partial charge in [0.1, 0.15) is 11.9 Å². The molecule has 0 saturated heterocycles. The minimum Gasteiger partial charge on any atom is -0.372 e. The standard InChI is InChI=1S/C25H33F6N3O.ClH/c1-16(2)9-11-34(12-10-17(3)4)15-23(35)32-20-13-21(33-22(14-20)25(29,30)31)18-5-7-19(8-6-18)24(26,27)28;/h5-8,13-14,16-17,23,35H,9-12,15H2,1-4H3,(H,32,33);1H. The zero-order valence-corrected chi connectivity index (χ0v) is 21.6. The van der Waals surface area contributed by atoms with Crippen molar-refractivity contribution in [2.75, 3.05) is 25.0 Å². The third kappa shape index (κ3) is 10.5. The van der Waals surface area contributed by atoms with Crippen LogP contribution in [-0.2, 0) is 12.4 Å². The summed E-state index contributed by atoms with van der Waals surface area (Å²) in [4.78, 5) is 5.66. The van der Waals surface area contributed by atoms with Gasteiger partial charge in [-0.2, -0.15) is 26.3 Å². The van der Waals surface area contributed by atoms with Crippen LogP contribution < -0.4 is 5.32 Å². The predicted molar refractivity (Wildman–Crippen MR) is 132 cm³/mol. The highest BCUT2D eigenvalue weighted by Gasteiger charge is 2.34. The van der Waals surface area contributed by atoms with Gasteiger partial charge in [0.15, 0.2) is 0 Å². The fourth-order valence-corrected chi connectivity index (χ4v) is 3.40. The van der Waals surface area contributed by atoms with Crippen LogP contribution in [-0.4, -0.2) is 40.9 Å². The van der Waals surface area contributed by atoms with E-state index in [9.17, 15) is 31.4 Å². The van der Waals surface area contributed by atoms with Crippen molar-refractivity contribution in [2.45, 2.75) is 59.1 Å². The lowest BCUT2D eigenvalue weighted by atomic mass is 10.1. The first-order chi connectivity index (χ1) is 16.1. The summed E-state index contributed by atoms with van der Waals surface area (Å²) in [5.41, 5.74) is -2.20. The number of nitrogens with zero attached hydrogens (tertiary/aromatic N) is 2. The van der Waals surface area contributed by atoms with Gasteiger partial charge in [-0.15, -0.1) is 12.4 Å². The van der Waals surface area contributed by atoms with Crippen LogP contribution in [0.3, 0.4) is 0 Å². The number of halogens is 7. The molecule has 2 rings (SSSR count). The quantitative estimate of drug-likeness (QED) is 0.231. The summed E-state index contributed by atoms with van der Waals surface area (Å²) < 4.78 is 79.0. The molecule has 0 aliphatic rings. The van der Waals surface area contributed by atoms with E-state index in [1.54, 1.807) is 0 Å². The Morgan fingerprint density at radius 2 is 1.39 bits per heavy atom. The van der Waals surface area contributed by atoms with Crippen LogP contribution >= 0.6 is 12.4 Å². The highest BCUT2D eigenvalue weighted by Crippen LogP contribution is 2.34. The Morgan fingerprint density at radius 1 is 0.861 bits per heavy atom. The van der Waals surface area contributed by atoms with Gasteiger partial charge in [-0.25, -0.2) is 4.98 Å². The summed E-state index contributed by atoms with van der Waals surface area (Å²) >= 11 is 0. The Balaban J connectivity index is 0.00000648. The zero-order chi connectivity index (χ0) is 26.4. The SMILES string of the molecule is CC(C)CCN(CCC(C)C)CC(O)Nc1cc(-c2ccc(C(F)(F)F)cc2)nc(C(F)(F)F)c1.Cl. The van der Waals surface area contributed by atoms with Gasteiger partial charge in [0.25, 0.3) is 0 Å². The third-order valence-corrected chi connectivity index (χ3v) is 5.43. The maximum atomic E-state index is 13.5. The minimum atomic E-state index is -4.77. The molecule has 36 heavy (non-hydrogen) atoms. The Hall–Kier alpha value is -2.04. The Morgan fingerprint density at radius 3 is 1.83 bits per heavy atom. The molecule has 0 saturated carbocycles. The van der Waals surface area contributed by atoms with E-state index in [4.69, 9.17) is 0 Å². The maximum absolute atomic E-state index is 13.5. The first kappa shape index (κ1) is 32.0. The molecule has 11 heteroatoms. The fraction of sp³-hybridized carbons (Fsp3) is 0.560. The first-order valence-corrected chi connectivity index (χ1v) is 11.6. The zero-order valence-electron chi connectivity index (χ0n) is 20.7. The van der Waals surface area contributed by atoms with Crippen LogP contribution in [0.2, 0.25) is 0 Å². The van der Waals surface area contributed by atoms with Crippen molar-refractivity contribution in [1.82, 2.24) is 9.88 Å². The molecule has 1 atom stereocenters. The molecule has 0 bridgehead atoms. The second-order valence-corrected chi connectivity index (χ2v) is 9.52. The molecular formula is C25H34ClF6N3O. The van der Waals surface area contributed by atoms with Crippen LogP contribution in [0.5, 0.6) is 0 Å². The van der Waals surface area contributed by atoms with Crippen LogP contribution in [0.1, 0.15) is 51.8 Å². The van der Waals surface area contributed by atoms with E-state index in [1.165, 1.54) is 6.07 Å². The molecule has 2 N–H and O–H groups in total. The average Bonchev–Trinajstić information content (AvgIpc) is 2.74. The number of rotatable bonds is 11. The van der Waals surface area contributed by atoms with E-state index in [1.807, 2.05) is 0 Å². The summed E-state index contributed by atoms with van der Waals surface area (Å²) in [6.45, 7) is 10.1. The van der Waals surface area contributed by atoms with Crippen LogP contribution in [0.15, 0.2) is 36.4 Å². The second kappa shape index (κ2) is 13.5. The first-order valence-electron chi connectivity index (χ1n) is 11.6. The van der Waals surface area contributed by atoms with Crippen molar-refractivity contribution < 1.29 is 31.4 Å². The smallest absolute Gasteiger partial charge is 0.372 e. The molecule has 1 aromatic carbocycles. The van der Waals surface area contributed by atoms with Gasteiger partial charge >= 0.3 is 12.4 Å². The van der Waals surface area contributed by atoms with E-state index in [2.05, 4.69) is 42.9 Å². The lowest BCUT2D eigenvalue weighted by Gasteiger charge is -2.27. The summed E-state index contributed by atoms with van der Waals surface area (Å²) in [6, 6.07) is 5.80. The molecule has 1 heterocycles. The van der Waals surface area contributed by atoms with Gasteiger partial charge in [-0.05, 0) is 62.0 Å². The molecular weight excluding hydrogens is 508 g/mol. The number of pyridine rings is 1. The van der Waals surface area contributed by atoms with Crippen molar-refractivity contribution in [3.8, 4) is 11.3 Å². The number of anilines is 1. The monoisotopic (exact) mass is 541 g/mol. The number of benzene rings is 1. The molecule has 1 unspecified atom stereocenters. The van der Waals surface area contributed by atoms with Crippen molar-refractivity contribution >= 4 is 18.1 Å². The molecule has 0 aliphatic carbocycles. The summed E-state index contributed by atoms with van der Waals surface area (Å²) in [5, 5.41) is 13.3. The van der Waals surface area contributed by atoms with Crippen LogP contribution in [0.4, 0.5) is 32.0 Å². The fourth-order valence-electron chi connectivity index (χ4n) is 3.40. The van der Waals surface area contributed by atoms with E-state index < -0.39 is 29.8 Å². The molecule has 2 aromatic rings. The van der Waals surface area contributed by atoms with E-state index >= 15 is 0 Å². The lowest BCUT2D eigenvalue weighted by Crippen LogP contribution is -2.38. The van der Waals surface area contributed by atoms with E-state index in [-0.39, 0.29) is 35.9 Å². The molecule has 0 spiro atoms. The number of hydrogen-bond acceptors (Lipinski definition) is 4. The normalized spacial score (nSPS) is 13.3. The summed E-state index contributed by atoms with van der Waals surface area (Å²) in [6.07, 6.45) is -8.66. The topological polar surface area (TPSA) is 48.4 Å². The number of alkyl halides is 6. The Labute approximate surface area is 214 Å². The number of aromatic nitrogens is 1. The molecule has 4 nitrogen and oxygen atoms in total. The average molecular weight is 542 g/mol. The predicted octanol–water partition coefficient (Wildman–Crippen LogP) is 7.33. The molecule has 204 valence electrons. The van der Waals surface area contributed by atoms with Crippen molar-refractivity contribution in [2.24, 2.45) is 11.8 Å². The number of aliphatic hydroxyl groups excluding tert-OH is 1. The molecule has 0 fully saturated rings. The summed E-state index contributed by atoms with van der Waals surface area (Å²) in [5.74, 6) is 0.921. The van der Waals surface area contributed by atoms with Crippen LogP contribution in [0.25, 0.3) is 11.3 Å². The maximum Gasteiger partial charge on any atom is 0.433 e. The van der Waals surface area contributed by atoms with Gasteiger partial charge < -0.3 is 10.4 Å². The van der Waals surface area contributed by atoms with Crippen molar-refractivity contribution in [3.63, 3.8) is 0 Å². The largest absolute Gasteiger partial charge is 0.433 e.